The van der Waals surface area contributed by atoms with Gasteiger partial charge in [0.15, 0.2) is 0 Å². The summed E-state index contributed by atoms with van der Waals surface area (Å²) in [4.78, 5) is 30.7. The van der Waals surface area contributed by atoms with E-state index in [1.54, 1.807) is 32.8 Å². The van der Waals surface area contributed by atoms with Crippen LogP contribution in [0.15, 0.2) is 9.59 Å². The van der Waals surface area contributed by atoms with Crippen molar-refractivity contribution in [2.45, 2.75) is 19.9 Å². The summed E-state index contributed by atoms with van der Waals surface area (Å²) in [5.41, 5.74) is -0.948. The van der Waals surface area contributed by atoms with Gasteiger partial charge in [-0.05, 0) is 13.8 Å². The van der Waals surface area contributed by atoms with Crippen LogP contribution in [0, 0.1) is 0 Å². The number of nitrogens with one attached hydrogen (secondary N) is 1. The second-order valence-electron chi connectivity index (χ2n) is 3.51. The Morgan fingerprint density at radius 3 is 2.20 bits per heavy atom. The van der Waals surface area contributed by atoms with Gasteiger partial charge in [-0.15, -0.1) is 0 Å². The molecule has 0 spiro atoms. The third-order valence-corrected chi connectivity index (χ3v) is 1.79. The van der Waals surface area contributed by atoms with Gasteiger partial charge >= 0.3 is 40.9 Å². The standard InChI is InChI=1S/C8H14N4O2.Na.H/c1-5(2)12-7(13)9-6(11(3)4)10-8(12)14;;/h5H,1-4H3,(H,9,10,13,14);;. The van der Waals surface area contributed by atoms with Crippen molar-refractivity contribution in [2.75, 3.05) is 19.0 Å². The molecule has 0 radical (unpaired) electrons. The van der Waals surface area contributed by atoms with Crippen LogP contribution in [0.4, 0.5) is 5.95 Å². The van der Waals surface area contributed by atoms with Crippen molar-refractivity contribution in [3.05, 3.63) is 21.0 Å². The Hall–Kier alpha value is -0.590. The molecule has 1 heterocycles. The molecule has 1 aromatic rings. The van der Waals surface area contributed by atoms with Gasteiger partial charge in [-0.1, -0.05) is 0 Å². The van der Waals surface area contributed by atoms with Crippen molar-refractivity contribution in [3.8, 4) is 0 Å². The molecule has 80 valence electrons. The normalized spacial score (nSPS) is 9.93. The van der Waals surface area contributed by atoms with E-state index in [2.05, 4.69) is 9.97 Å². The van der Waals surface area contributed by atoms with Crippen LogP contribution >= 0.6 is 0 Å². The molecule has 0 fully saturated rings. The molecule has 0 aliphatic carbocycles. The van der Waals surface area contributed by atoms with E-state index in [4.69, 9.17) is 0 Å². The van der Waals surface area contributed by atoms with E-state index in [1.807, 2.05) is 0 Å². The summed E-state index contributed by atoms with van der Waals surface area (Å²) in [5.74, 6) is 0.275. The van der Waals surface area contributed by atoms with E-state index in [1.165, 1.54) is 0 Å². The van der Waals surface area contributed by atoms with Crippen LogP contribution in [-0.2, 0) is 0 Å². The predicted octanol–water partition coefficient (Wildman–Crippen LogP) is -1.07. The van der Waals surface area contributed by atoms with E-state index >= 15 is 0 Å². The van der Waals surface area contributed by atoms with Crippen LogP contribution in [0.25, 0.3) is 0 Å². The fourth-order valence-corrected chi connectivity index (χ4v) is 1.08. The summed E-state index contributed by atoms with van der Waals surface area (Å²) < 4.78 is 1.08. The number of anilines is 1. The first kappa shape index (κ1) is 14.4. The molecule has 15 heavy (non-hydrogen) atoms. The molecule has 1 aromatic heterocycles. The van der Waals surface area contributed by atoms with Gasteiger partial charge in [0.2, 0.25) is 5.95 Å². The van der Waals surface area contributed by atoms with Gasteiger partial charge in [0.25, 0.3) is 0 Å². The van der Waals surface area contributed by atoms with Gasteiger partial charge < -0.3 is 4.90 Å². The van der Waals surface area contributed by atoms with Crippen molar-refractivity contribution in [1.29, 1.82) is 0 Å². The average molecular weight is 222 g/mol. The summed E-state index contributed by atoms with van der Waals surface area (Å²) in [5, 5.41) is 0. The number of aromatic amines is 1. The van der Waals surface area contributed by atoms with E-state index in [9.17, 15) is 9.59 Å². The molecule has 0 bridgehead atoms. The SMILES string of the molecule is CC(C)n1c(=O)nc(N(C)C)[nH]c1=O.[NaH]. The minimum absolute atomic E-state index is 0. The Morgan fingerprint density at radius 1 is 1.33 bits per heavy atom. The van der Waals surface area contributed by atoms with Crippen LogP contribution < -0.4 is 16.3 Å². The Balaban J connectivity index is 0.00000196. The van der Waals surface area contributed by atoms with Gasteiger partial charge in [-0.2, -0.15) is 4.98 Å². The molecule has 0 saturated heterocycles. The molecule has 0 aliphatic heterocycles. The summed E-state index contributed by atoms with van der Waals surface area (Å²) >= 11 is 0. The number of aromatic nitrogens is 3. The Morgan fingerprint density at radius 2 is 1.87 bits per heavy atom. The number of H-pyrrole nitrogens is 1. The average Bonchev–Trinajstić information content (AvgIpc) is 2.01. The number of nitrogens with zero attached hydrogens (tertiary/aromatic N) is 3. The summed E-state index contributed by atoms with van der Waals surface area (Å²) in [6.45, 7) is 3.52. The zero-order valence-electron chi connectivity index (χ0n) is 8.74. The van der Waals surface area contributed by atoms with Crippen molar-refractivity contribution < 1.29 is 0 Å². The number of rotatable bonds is 2. The van der Waals surface area contributed by atoms with Crippen LogP contribution in [0.3, 0.4) is 0 Å². The van der Waals surface area contributed by atoms with E-state index < -0.39 is 11.4 Å². The Labute approximate surface area is 110 Å². The van der Waals surface area contributed by atoms with E-state index in [0.29, 0.717) is 0 Å². The first-order chi connectivity index (χ1) is 6.43. The predicted molar refractivity (Wildman–Crippen MR) is 61.0 cm³/mol. The fourth-order valence-electron chi connectivity index (χ4n) is 1.08. The van der Waals surface area contributed by atoms with Crippen molar-refractivity contribution in [2.24, 2.45) is 0 Å². The van der Waals surface area contributed by atoms with Gasteiger partial charge in [-0.3, -0.25) is 4.98 Å². The monoisotopic (exact) mass is 222 g/mol. The van der Waals surface area contributed by atoms with Crippen molar-refractivity contribution in [1.82, 2.24) is 14.5 Å². The summed E-state index contributed by atoms with van der Waals surface area (Å²) in [7, 11) is 3.41. The second-order valence-corrected chi connectivity index (χ2v) is 3.51. The topological polar surface area (TPSA) is 71.0 Å². The molecule has 7 heteroatoms. The van der Waals surface area contributed by atoms with Gasteiger partial charge in [0.1, 0.15) is 0 Å². The third kappa shape index (κ3) is 3.19. The van der Waals surface area contributed by atoms with Crippen LogP contribution in [-0.4, -0.2) is 58.2 Å². The van der Waals surface area contributed by atoms with Crippen LogP contribution in [0.5, 0.6) is 0 Å². The molecule has 0 unspecified atom stereocenters. The molecule has 0 amide bonds. The molecule has 6 nitrogen and oxygen atoms in total. The minimum atomic E-state index is -0.521. The molecular weight excluding hydrogens is 207 g/mol. The van der Waals surface area contributed by atoms with Crippen LogP contribution in [0.2, 0.25) is 0 Å². The fraction of sp³-hybridized carbons (Fsp3) is 0.625. The van der Waals surface area contributed by atoms with Crippen LogP contribution in [0.1, 0.15) is 19.9 Å². The van der Waals surface area contributed by atoms with E-state index in [-0.39, 0.29) is 41.5 Å². The first-order valence-corrected chi connectivity index (χ1v) is 4.33. The summed E-state index contributed by atoms with van der Waals surface area (Å²) in [6.07, 6.45) is 0. The molecule has 0 aliphatic rings. The first-order valence-electron chi connectivity index (χ1n) is 4.33. The molecular formula is C8H15N4NaO2. The maximum atomic E-state index is 11.4. The molecule has 1 rings (SSSR count). The maximum absolute atomic E-state index is 11.4. The molecule has 1 N–H and O–H groups in total. The Bertz CT molecular complexity index is 404. The van der Waals surface area contributed by atoms with Crippen molar-refractivity contribution in [3.63, 3.8) is 0 Å². The molecule has 0 aromatic carbocycles. The molecule has 0 saturated carbocycles. The zero-order valence-corrected chi connectivity index (χ0v) is 8.74. The quantitative estimate of drug-likeness (QED) is 0.647. The third-order valence-electron chi connectivity index (χ3n) is 1.79. The molecule has 0 atom stereocenters. The van der Waals surface area contributed by atoms with Gasteiger partial charge in [-0.25, -0.2) is 14.2 Å². The Kier molecular flexibility index (Phi) is 5.27. The number of hydrogen-bond acceptors (Lipinski definition) is 4. The second kappa shape index (κ2) is 5.48. The van der Waals surface area contributed by atoms with E-state index in [0.717, 1.165) is 4.57 Å². The number of hydrogen-bond donors (Lipinski definition) is 1. The van der Waals surface area contributed by atoms with Gasteiger partial charge in [0.05, 0.1) is 0 Å². The zero-order chi connectivity index (χ0) is 10.9. The van der Waals surface area contributed by atoms with Crippen molar-refractivity contribution >= 4 is 35.5 Å². The summed E-state index contributed by atoms with van der Waals surface area (Å²) in [6, 6.07) is -0.185. The van der Waals surface area contributed by atoms with Gasteiger partial charge in [0, 0.05) is 20.1 Å².